The number of aryl methyl sites for hydroxylation is 1. The molecule has 5 heteroatoms. The summed E-state index contributed by atoms with van der Waals surface area (Å²) in [6.07, 6.45) is 2.45. The van der Waals surface area contributed by atoms with Crippen LogP contribution in [0.25, 0.3) is 0 Å². The van der Waals surface area contributed by atoms with Gasteiger partial charge in [0.15, 0.2) is 0 Å². The lowest BCUT2D eigenvalue weighted by Crippen LogP contribution is -2.23. The number of rotatable bonds is 2. The molecule has 0 saturated heterocycles. The van der Waals surface area contributed by atoms with Crippen LogP contribution in [-0.4, -0.2) is 11.9 Å². The van der Waals surface area contributed by atoms with Crippen LogP contribution >= 0.6 is 23.2 Å². The molecule has 1 aliphatic carbocycles. The van der Waals surface area contributed by atoms with Crippen molar-refractivity contribution in [2.45, 2.75) is 32.2 Å². The molecular weight excluding hydrogens is 271 g/mol. The van der Waals surface area contributed by atoms with E-state index in [1.54, 1.807) is 6.07 Å². The minimum absolute atomic E-state index is 0.0346. The van der Waals surface area contributed by atoms with Crippen LogP contribution in [0.2, 0.25) is 10.0 Å². The molecule has 98 valence electrons. The third-order valence-electron chi connectivity index (χ3n) is 3.38. The zero-order valence-electron chi connectivity index (χ0n) is 10.2. The molecular formula is C13H16Cl2N2O. The first-order valence-electron chi connectivity index (χ1n) is 6.00. The van der Waals surface area contributed by atoms with E-state index >= 15 is 0 Å². The maximum absolute atomic E-state index is 12.1. The predicted molar refractivity (Wildman–Crippen MR) is 75.1 cm³/mol. The van der Waals surface area contributed by atoms with Crippen molar-refractivity contribution in [2.24, 2.45) is 11.7 Å². The number of carbonyl (C=O) groups is 1. The number of anilines is 1. The van der Waals surface area contributed by atoms with E-state index in [1.165, 1.54) is 0 Å². The summed E-state index contributed by atoms with van der Waals surface area (Å²) >= 11 is 12.2. The Morgan fingerprint density at radius 1 is 1.39 bits per heavy atom. The van der Waals surface area contributed by atoms with Crippen molar-refractivity contribution in [2.75, 3.05) is 5.32 Å². The number of benzene rings is 1. The number of nitrogens with two attached hydrogens (primary N) is 1. The third kappa shape index (κ3) is 2.79. The second kappa shape index (κ2) is 5.47. The van der Waals surface area contributed by atoms with E-state index in [1.807, 2.05) is 13.0 Å². The average Bonchev–Trinajstić information content (AvgIpc) is 2.76. The number of nitrogens with one attached hydrogen (secondary N) is 1. The van der Waals surface area contributed by atoms with Gasteiger partial charge in [0, 0.05) is 12.0 Å². The number of hydrogen-bond acceptors (Lipinski definition) is 2. The van der Waals surface area contributed by atoms with E-state index in [-0.39, 0.29) is 17.9 Å². The highest BCUT2D eigenvalue weighted by Crippen LogP contribution is 2.34. The van der Waals surface area contributed by atoms with Crippen LogP contribution in [0.4, 0.5) is 5.69 Å². The van der Waals surface area contributed by atoms with Crippen LogP contribution in [-0.2, 0) is 4.79 Å². The molecule has 1 aromatic rings. The molecule has 0 aromatic heterocycles. The van der Waals surface area contributed by atoms with Gasteiger partial charge in [0.05, 0.1) is 15.7 Å². The summed E-state index contributed by atoms with van der Waals surface area (Å²) in [7, 11) is 0. The van der Waals surface area contributed by atoms with Crippen molar-refractivity contribution in [1.29, 1.82) is 0 Å². The van der Waals surface area contributed by atoms with Crippen LogP contribution in [0, 0.1) is 12.8 Å². The molecule has 3 N–H and O–H groups in total. The third-order valence-corrected chi connectivity index (χ3v) is 4.18. The zero-order valence-corrected chi connectivity index (χ0v) is 11.7. The van der Waals surface area contributed by atoms with Gasteiger partial charge >= 0.3 is 0 Å². The molecule has 0 bridgehead atoms. The summed E-state index contributed by atoms with van der Waals surface area (Å²) in [6.45, 7) is 1.87. The fourth-order valence-corrected chi connectivity index (χ4v) is 2.72. The quantitative estimate of drug-likeness (QED) is 0.876. The first kappa shape index (κ1) is 13.7. The molecule has 1 aliphatic rings. The van der Waals surface area contributed by atoms with E-state index in [0.717, 1.165) is 24.8 Å². The Morgan fingerprint density at radius 2 is 2.11 bits per heavy atom. The monoisotopic (exact) mass is 286 g/mol. The van der Waals surface area contributed by atoms with Crippen LogP contribution < -0.4 is 11.1 Å². The molecule has 0 spiro atoms. The van der Waals surface area contributed by atoms with E-state index in [2.05, 4.69) is 5.32 Å². The molecule has 2 unspecified atom stereocenters. The highest BCUT2D eigenvalue weighted by molar-refractivity contribution is 6.40. The lowest BCUT2D eigenvalue weighted by atomic mass is 10.1. The summed E-state index contributed by atoms with van der Waals surface area (Å²) in [5, 5.41) is 3.78. The SMILES string of the molecule is Cc1ccc(Cl)c(NC(=O)C2CCC(N)C2)c1Cl. The molecule has 0 aliphatic heterocycles. The van der Waals surface area contributed by atoms with E-state index in [4.69, 9.17) is 28.9 Å². The smallest absolute Gasteiger partial charge is 0.227 e. The minimum Gasteiger partial charge on any atom is -0.328 e. The van der Waals surface area contributed by atoms with Gasteiger partial charge < -0.3 is 11.1 Å². The molecule has 18 heavy (non-hydrogen) atoms. The summed E-state index contributed by atoms with van der Waals surface area (Å²) in [4.78, 5) is 12.1. The highest BCUT2D eigenvalue weighted by atomic mass is 35.5. The topological polar surface area (TPSA) is 55.1 Å². The van der Waals surface area contributed by atoms with Crippen molar-refractivity contribution in [3.63, 3.8) is 0 Å². The molecule has 1 aromatic carbocycles. The average molecular weight is 287 g/mol. The Labute approximate surface area is 117 Å². The molecule has 1 fully saturated rings. The van der Waals surface area contributed by atoms with Gasteiger partial charge in [-0.3, -0.25) is 4.79 Å². The summed E-state index contributed by atoms with van der Waals surface area (Å²) in [5.74, 6) is -0.0787. The van der Waals surface area contributed by atoms with Gasteiger partial charge in [-0.05, 0) is 37.8 Å². The second-order valence-corrected chi connectivity index (χ2v) is 5.60. The van der Waals surface area contributed by atoms with E-state index < -0.39 is 0 Å². The Bertz CT molecular complexity index is 476. The second-order valence-electron chi connectivity index (χ2n) is 4.81. The molecule has 0 heterocycles. The van der Waals surface area contributed by atoms with Gasteiger partial charge in [-0.2, -0.15) is 0 Å². The number of halogens is 2. The number of amides is 1. The fraction of sp³-hybridized carbons (Fsp3) is 0.462. The number of hydrogen-bond donors (Lipinski definition) is 2. The molecule has 0 radical (unpaired) electrons. The van der Waals surface area contributed by atoms with E-state index in [9.17, 15) is 4.79 Å². The zero-order chi connectivity index (χ0) is 13.3. The highest BCUT2D eigenvalue weighted by Gasteiger charge is 2.28. The predicted octanol–water partition coefficient (Wildman–Crippen LogP) is 3.37. The fourth-order valence-electron chi connectivity index (χ4n) is 2.25. The Balaban J connectivity index is 2.14. The minimum atomic E-state index is -0.0441. The largest absolute Gasteiger partial charge is 0.328 e. The lowest BCUT2D eigenvalue weighted by Gasteiger charge is -2.14. The first-order valence-corrected chi connectivity index (χ1v) is 6.75. The summed E-state index contributed by atoms with van der Waals surface area (Å²) in [5.41, 5.74) is 7.20. The standard InChI is InChI=1S/C13H16Cl2N2O/c1-7-2-5-10(14)12(11(7)15)17-13(18)8-3-4-9(16)6-8/h2,5,8-9H,3-4,6,16H2,1H3,(H,17,18). The molecule has 1 amide bonds. The molecule has 2 atom stereocenters. The van der Waals surface area contributed by atoms with Crippen molar-refractivity contribution >= 4 is 34.8 Å². The van der Waals surface area contributed by atoms with Gasteiger partial charge in [-0.1, -0.05) is 29.3 Å². The lowest BCUT2D eigenvalue weighted by molar-refractivity contribution is -0.119. The normalized spacial score (nSPS) is 23.1. The van der Waals surface area contributed by atoms with Gasteiger partial charge in [-0.25, -0.2) is 0 Å². The van der Waals surface area contributed by atoms with Crippen molar-refractivity contribution < 1.29 is 4.79 Å². The van der Waals surface area contributed by atoms with Crippen molar-refractivity contribution in [1.82, 2.24) is 0 Å². The maximum Gasteiger partial charge on any atom is 0.227 e. The maximum atomic E-state index is 12.1. The molecule has 3 nitrogen and oxygen atoms in total. The Hall–Kier alpha value is -0.770. The molecule has 2 rings (SSSR count). The number of carbonyl (C=O) groups excluding carboxylic acids is 1. The van der Waals surface area contributed by atoms with Crippen LogP contribution in [0.15, 0.2) is 12.1 Å². The van der Waals surface area contributed by atoms with Gasteiger partial charge in [0.2, 0.25) is 5.91 Å². The van der Waals surface area contributed by atoms with Crippen LogP contribution in [0.3, 0.4) is 0 Å². The summed E-state index contributed by atoms with van der Waals surface area (Å²) < 4.78 is 0. The van der Waals surface area contributed by atoms with Crippen molar-refractivity contribution in [3.05, 3.63) is 27.7 Å². The van der Waals surface area contributed by atoms with Crippen molar-refractivity contribution in [3.8, 4) is 0 Å². The summed E-state index contributed by atoms with van der Waals surface area (Å²) in [6, 6.07) is 3.69. The van der Waals surface area contributed by atoms with Gasteiger partial charge in [0.25, 0.3) is 0 Å². The Morgan fingerprint density at radius 3 is 2.72 bits per heavy atom. The molecule has 1 saturated carbocycles. The van der Waals surface area contributed by atoms with E-state index in [0.29, 0.717) is 15.7 Å². The van der Waals surface area contributed by atoms with Crippen LogP contribution in [0.1, 0.15) is 24.8 Å². The first-order chi connectivity index (χ1) is 8.49. The Kier molecular flexibility index (Phi) is 4.15. The van der Waals surface area contributed by atoms with Crippen LogP contribution in [0.5, 0.6) is 0 Å². The van der Waals surface area contributed by atoms with Gasteiger partial charge in [-0.15, -0.1) is 0 Å². The van der Waals surface area contributed by atoms with Gasteiger partial charge in [0.1, 0.15) is 0 Å².